The van der Waals surface area contributed by atoms with Gasteiger partial charge in [0.25, 0.3) is 5.56 Å². The molecule has 0 saturated heterocycles. The summed E-state index contributed by atoms with van der Waals surface area (Å²) in [5.74, 6) is 0.706. The molecule has 0 atom stereocenters. The Labute approximate surface area is 139 Å². The second-order valence-corrected chi connectivity index (χ2v) is 7.38. The van der Waals surface area contributed by atoms with Crippen molar-refractivity contribution in [3.05, 3.63) is 49.4 Å². The van der Waals surface area contributed by atoms with Crippen LogP contribution in [-0.2, 0) is 11.8 Å². The minimum absolute atomic E-state index is 0.00167. The highest BCUT2D eigenvalue weighted by Gasteiger charge is 2.19. The summed E-state index contributed by atoms with van der Waals surface area (Å²) in [6.45, 7) is 5.58. The first-order valence-corrected chi connectivity index (χ1v) is 8.12. The average molecular weight is 331 g/mol. The van der Waals surface area contributed by atoms with Gasteiger partial charge in [-0.05, 0) is 12.1 Å². The summed E-state index contributed by atoms with van der Waals surface area (Å²) in [5, 5.41) is 0. The van der Waals surface area contributed by atoms with Crippen LogP contribution in [-0.4, -0.2) is 17.5 Å². The number of ketones is 1. The Kier molecular flexibility index (Phi) is 4.90. The standard InChI is InChI=1S/C18H21NO3S/c1-18(2,3)15(20)11-16-19(4)17(21)14(23-16)10-12-8-6-7-9-13(12)22-5/h6-11H,1-5H3/b14-10-,16-11-. The van der Waals surface area contributed by atoms with E-state index in [9.17, 15) is 9.59 Å². The number of rotatable bonds is 3. The number of ether oxygens (including phenoxy) is 1. The number of carbonyl (C=O) groups excluding carboxylic acids is 1. The lowest BCUT2D eigenvalue weighted by atomic mass is 9.91. The summed E-state index contributed by atoms with van der Waals surface area (Å²) >= 11 is 1.31. The van der Waals surface area contributed by atoms with Crippen molar-refractivity contribution < 1.29 is 9.53 Å². The fourth-order valence-electron chi connectivity index (χ4n) is 1.96. The van der Waals surface area contributed by atoms with Gasteiger partial charge in [-0.25, -0.2) is 0 Å². The lowest BCUT2D eigenvalue weighted by molar-refractivity contribution is -0.120. The van der Waals surface area contributed by atoms with Crippen LogP contribution in [0.5, 0.6) is 5.75 Å². The van der Waals surface area contributed by atoms with Crippen LogP contribution in [0.1, 0.15) is 26.3 Å². The highest BCUT2D eigenvalue weighted by atomic mass is 32.1. The molecule has 122 valence electrons. The van der Waals surface area contributed by atoms with Crippen molar-refractivity contribution in [2.45, 2.75) is 20.8 Å². The Hall–Kier alpha value is -2.14. The molecule has 0 bridgehead atoms. The SMILES string of the molecule is COc1ccccc1/C=c1\s/c(=C\C(=O)C(C)(C)C)n(C)c1=O. The molecule has 0 aliphatic carbocycles. The van der Waals surface area contributed by atoms with E-state index in [4.69, 9.17) is 4.74 Å². The molecule has 0 N–H and O–H groups in total. The minimum Gasteiger partial charge on any atom is -0.496 e. The molecule has 23 heavy (non-hydrogen) atoms. The van der Waals surface area contributed by atoms with Gasteiger partial charge in [-0.3, -0.25) is 9.59 Å². The Bertz CT molecular complexity index is 898. The zero-order valence-corrected chi connectivity index (χ0v) is 14.9. The summed E-state index contributed by atoms with van der Waals surface area (Å²) < 4.78 is 8.04. The Balaban J connectivity index is 2.62. The van der Waals surface area contributed by atoms with Crippen molar-refractivity contribution in [3.63, 3.8) is 0 Å². The van der Waals surface area contributed by atoms with Crippen molar-refractivity contribution >= 4 is 29.3 Å². The van der Waals surface area contributed by atoms with E-state index in [0.717, 1.165) is 5.56 Å². The number of benzene rings is 1. The molecule has 0 aliphatic heterocycles. The number of Topliss-reactive ketones (excluding diaryl/α,β-unsaturated/α-hetero) is 1. The predicted octanol–water partition coefficient (Wildman–Crippen LogP) is 1.68. The molecule has 0 saturated carbocycles. The third-order valence-electron chi connectivity index (χ3n) is 3.48. The van der Waals surface area contributed by atoms with Crippen LogP contribution in [0.3, 0.4) is 0 Å². The van der Waals surface area contributed by atoms with E-state index in [-0.39, 0.29) is 11.3 Å². The van der Waals surface area contributed by atoms with Crippen LogP contribution in [0.25, 0.3) is 12.2 Å². The summed E-state index contributed by atoms with van der Waals surface area (Å²) in [7, 11) is 3.28. The molecule has 2 aromatic rings. The van der Waals surface area contributed by atoms with Crippen molar-refractivity contribution in [2.24, 2.45) is 12.5 Å². The molecule has 5 heteroatoms. The number of nitrogens with zero attached hydrogens (tertiary/aromatic N) is 1. The molecule has 0 amide bonds. The molecule has 2 rings (SSSR count). The number of carbonyl (C=O) groups is 1. The molecule has 0 aliphatic rings. The number of aromatic nitrogens is 1. The summed E-state index contributed by atoms with van der Waals surface area (Å²) in [6.07, 6.45) is 3.34. The van der Waals surface area contributed by atoms with Crippen molar-refractivity contribution in [1.29, 1.82) is 0 Å². The van der Waals surface area contributed by atoms with Gasteiger partial charge in [0.1, 0.15) is 10.4 Å². The quantitative estimate of drug-likeness (QED) is 0.860. The topological polar surface area (TPSA) is 48.3 Å². The molecular weight excluding hydrogens is 310 g/mol. The monoisotopic (exact) mass is 331 g/mol. The highest BCUT2D eigenvalue weighted by Crippen LogP contribution is 2.17. The van der Waals surface area contributed by atoms with Crippen molar-refractivity contribution in [1.82, 2.24) is 4.57 Å². The largest absolute Gasteiger partial charge is 0.496 e. The van der Waals surface area contributed by atoms with Gasteiger partial charge in [0.15, 0.2) is 5.78 Å². The van der Waals surface area contributed by atoms with E-state index < -0.39 is 5.41 Å². The number of hydrogen-bond donors (Lipinski definition) is 0. The minimum atomic E-state index is -0.466. The zero-order valence-electron chi connectivity index (χ0n) is 14.0. The van der Waals surface area contributed by atoms with E-state index >= 15 is 0 Å². The highest BCUT2D eigenvalue weighted by molar-refractivity contribution is 7.07. The van der Waals surface area contributed by atoms with E-state index in [0.29, 0.717) is 14.9 Å². The molecular formula is C18H21NO3S. The van der Waals surface area contributed by atoms with Gasteiger partial charge < -0.3 is 9.30 Å². The second-order valence-electron chi connectivity index (χ2n) is 6.31. The van der Waals surface area contributed by atoms with Crippen LogP contribution in [0, 0.1) is 5.41 Å². The first kappa shape index (κ1) is 17.2. The molecule has 0 spiro atoms. The summed E-state index contributed by atoms with van der Waals surface area (Å²) in [5.41, 5.74) is 0.253. The molecule has 0 fully saturated rings. The summed E-state index contributed by atoms with van der Waals surface area (Å²) in [6, 6.07) is 7.51. The second kappa shape index (κ2) is 6.54. The maximum atomic E-state index is 12.4. The number of hydrogen-bond acceptors (Lipinski definition) is 4. The lowest BCUT2D eigenvalue weighted by Crippen LogP contribution is -2.30. The molecule has 4 nitrogen and oxygen atoms in total. The van der Waals surface area contributed by atoms with Gasteiger partial charge in [-0.1, -0.05) is 39.0 Å². The van der Waals surface area contributed by atoms with Crippen LogP contribution in [0.2, 0.25) is 0 Å². The van der Waals surface area contributed by atoms with Gasteiger partial charge >= 0.3 is 0 Å². The first-order chi connectivity index (χ1) is 10.7. The maximum absolute atomic E-state index is 12.4. The predicted molar refractivity (Wildman–Crippen MR) is 94.3 cm³/mol. The fourth-order valence-corrected chi connectivity index (χ4v) is 2.98. The van der Waals surface area contributed by atoms with E-state index in [1.807, 2.05) is 45.0 Å². The fraction of sp³-hybridized carbons (Fsp3) is 0.333. The van der Waals surface area contributed by atoms with Gasteiger partial charge in [0.05, 0.1) is 11.6 Å². The van der Waals surface area contributed by atoms with Gasteiger partial charge in [0, 0.05) is 24.1 Å². The van der Waals surface area contributed by atoms with E-state index in [2.05, 4.69) is 0 Å². The normalized spacial score (nSPS) is 13.4. The number of thiazole rings is 1. The average Bonchev–Trinajstić information content (AvgIpc) is 2.75. The Morgan fingerprint density at radius 3 is 2.52 bits per heavy atom. The van der Waals surface area contributed by atoms with E-state index in [1.54, 1.807) is 26.3 Å². The molecule has 0 unspecified atom stereocenters. The smallest absolute Gasteiger partial charge is 0.268 e. The van der Waals surface area contributed by atoms with Crippen LogP contribution >= 0.6 is 11.3 Å². The maximum Gasteiger partial charge on any atom is 0.268 e. The van der Waals surface area contributed by atoms with Gasteiger partial charge in [-0.15, -0.1) is 11.3 Å². The first-order valence-electron chi connectivity index (χ1n) is 7.31. The lowest BCUT2D eigenvalue weighted by Gasteiger charge is -2.12. The molecule has 1 aromatic heterocycles. The zero-order chi connectivity index (χ0) is 17.2. The number of para-hydroxylation sites is 1. The third kappa shape index (κ3) is 3.79. The van der Waals surface area contributed by atoms with Gasteiger partial charge in [0.2, 0.25) is 0 Å². The third-order valence-corrected chi connectivity index (χ3v) is 4.59. The molecule has 1 aromatic carbocycles. The Morgan fingerprint density at radius 2 is 1.91 bits per heavy atom. The van der Waals surface area contributed by atoms with Crippen LogP contribution in [0.15, 0.2) is 29.1 Å². The van der Waals surface area contributed by atoms with Crippen LogP contribution < -0.4 is 19.5 Å². The van der Waals surface area contributed by atoms with Crippen molar-refractivity contribution in [3.8, 4) is 5.75 Å². The molecule has 1 heterocycles. The molecule has 0 radical (unpaired) electrons. The Morgan fingerprint density at radius 1 is 1.26 bits per heavy atom. The number of methoxy groups -OCH3 is 1. The summed E-state index contributed by atoms with van der Waals surface area (Å²) in [4.78, 5) is 24.6. The van der Waals surface area contributed by atoms with Crippen molar-refractivity contribution in [2.75, 3.05) is 7.11 Å². The van der Waals surface area contributed by atoms with Gasteiger partial charge in [-0.2, -0.15) is 0 Å². The van der Waals surface area contributed by atoms with E-state index in [1.165, 1.54) is 15.9 Å². The van der Waals surface area contributed by atoms with Crippen LogP contribution in [0.4, 0.5) is 0 Å².